The summed E-state index contributed by atoms with van der Waals surface area (Å²) in [5, 5.41) is 4.47. The van der Waals surface area contributed by atoms with E-state index in [1.54, 1.807) is 12.3 Å². The summed E-state index contributed by atoms with van der Waals surface area (Å²) in [6, 6.07) is 5.47. The van der Waals surface area contributed by atoms with Gasteiger partial charge >= 0.3 is 0 Å². The van der Waals surface area contributed by atoms with Gasteiger partial charge in [-0.15, -0.1) is 0 Å². The molecule has 0 bridgehead atoms. The third-order valence-electron chi connectivity index (χ3n) is 2.46. The second-order valence-electron chi connectivity index (χ2n) is 3.84. The Kier molecular flexibility index (Phi) is 4.85. The zero-order valence-electron chi connectivity index (χ0n) is 9.83. The fourth-order valence-corrected chi connectivity index (χ4v) is 2.38. The van der Waals surface area contributed by atoms with E-state index in [0.29, 0.717) is 22.4 Å². The number of nitrogens with zero attached hydrogens (tertiary/aromatic N) is 2. The number of anilines is 2. The van der Waals surface area contributed by atoms with Crippen LogP contribution < -0.4 is 11.1 Å². The standard InChI is InChI=1S/C12H11BrCl2N4/c13-9-6-18-12(16)19-11(9)17-4-3-7-1-2-8(14)5-10(7)15/h1-2,5-6H,3-4H2,(H3,16,17,18,19). The molecule has 0 atom stereocenters. The van der Waals surface area contributed by atoms with Crippen molar-refractivity contribution in [1.29, 1.82) is 0 Å². The van der Waals surface area contributed by atoms with Crippen LogP contribution in [-0.4, -0.2) is 16.5 Å². The van der Waals surface area contributed by atoms with Crippen LogP contribution in [0.15, 0.2) is 28.9 Å². The summed E-state index contributed by atoms with van der Waals surface area (Å²) in [5.74, 6) is 0.896. The highest BCUT2D eigenvalue weighted by Crippen LogP contribution is 2.22. The van der Waals surface area contributed by atoms with Crippen molar-refractivity contribution in [1.82, 2.24) is 9.97 Å². The molecule has 0 unspecified atom stereocenters. The minimum atomic E-state index is 0.232. The summed E-state index contributed by atoms with van der Waals surface area (Å²) in [6.45, 7) is 0.677. The van der Waals surface area contributed by atoms with Gasteiger partial charge in [-0.05, 0) is 40.0 Å². The van der Waals surface area contributed by atoms with Gasteiger partial charge < -0.3 is 11.1 Å². The maximum Gasteiger partial charge on any atom is 0.221 e. The Hall–Kier alpha value is -1.04. The van der Waals surface area contributed by atoms with Gasteiger partial charge in [-0.2, -0.15) is 4.98 Å². The molecule has 0 aliphatic heterocycles. The third-order valence-corrected chi connectivity index (χ3v) is 3.63. The van der Waals surface area contributed by atoms with Crippen LogP contribution in [0.5, 0.6) is 0 Å². The van der Waals surface area contributed by atoms with Gasteiger partial charge in [0.25, 0.3) is 0 Å². The van der Waals surface area contributed by atoms with Gasteiger partial charge in [0.1, 0.15) is 5.82 Å². The maximum atomic E-state index is 6.10. The Bertz CT molecular complexity index is 592. The Balaban J connectivity index is 1.98. The van der Waals surface area contributed by atoms with Crippen molar-refractivity contribution < 1.29 is 0 Å². The van der Waals surface area contributed by atoms with Crippen molar-refractivity contribution in [3.05, 3.63) is 44.5 Å². The molecule has 0 spiro atoms. The monoisotopic (exact) mass is 360 g/mol. The van der Waals surface area contributed by atoms with Gasteiger partial charge in [-0.1, -0.05) is 29.3 Å². The first-order valence-corrected chi connectivity index (χ1v) is 7.07. The van der Waals surface area contributed by atoms with Crippen molar-refractivity contribution >= 4 is 50.9 Å². The molecule has 0 saturated heterocycles. The molecule has 1 aromatic heterocycles. The summed E-state index contributed by atoms with van der Waals surface area (Å²) < 4.78 is 0.768. The molecular weight excluding hydrogens is 351 g/mol. The summed E-state index contributed by atoms with van der Waals surface area (Å²) in [4.78, 5) is 7.97. The van der Waals surface area contributed by atoms with E-state index in [1.165, 1.54) is 0 Å². The number of rotatable bonds is 4. The van der Waals surface area contributed by atoms with Crippen LogP contribution in [-0.2, 0) is 6.42 Å². The van der Waals surface area contributed by atoms with Crippen molar-refractivity contribution in [2.45, 2.75) is 6.42 Å². The first-order chi connectivity index (χ1) is 9.06. The first-order valence-electron chi connectivity index (χ1n) is 5.52. The number of aromatic nitrogens is 2. The number of halogens is 3. The lowest BCUT2D eigenvalue weighted by atomic mass is 10.1. The first kappa shape index (κ1) is 14.4. The predicted molar refractivity (Wildman–Crippen MR) is 82.8 cm³/mol. The van der Waals surface area contributed by atoms with E-state index < -0.39 is 0 Å². The normalized spacial score (nSPS) is 10.5. The SMILES string of the molecule is Nc1ncc(Br)c(NCCc2ccc(Cl)cc2Cl)n1. The topological polar surface area (TPSA) is 63.8 Å². The second-order valence-corrected chi connectivity index (χ2v) is 5.54. The van der Waals surface area contributed by atoms with Crippen LogP contribution >= 0.6 is 39.1 Å². The average Bonchev–Trinajstić information content (AvgIpc) is 2.36. The smallest absolute Gasteiger partial charge is 0.221 e. The molecule has 1 aromatic carbocycles. The average molecular weight is 362 g/mol. The van der Waals surface area contributed by atoms with Crippen molar-refractivity contribution in [2.24, 2.45) is 0 Å². The van der Waals surface area contributed by atoms with Crippen LogP contribution in [0.3, 0.4) is 0 Å². The molecule has 2 aromatic rings. The second kappa shape index (κ2) is 6.41. The Morgan fingerprint density at radius 2 is 2.11 bits per heavy atom. The number of hydrogen-bond donors (Lipinski definition) is 2. The van der Waals surface area contributed by atoms with Crippen LogP contribution in [0, 0.1) is 0 Å². The van der Waals surface area contributed by atoms with Gasteiger partial charge in [-0.25, -0.2) is 4.98 Å². The third kappa shape index (κ3) is 3.96. The molecule has 0 aliphatic carbocycles. The Morgan fingerprint density at radius 1 is 1.32 bits per heavy atom. The van der Waals surface area contributed by atoms with Crippen LogP contribution in [0.25, 0.3) is 0 Å². The Morgan fingerprint density at radius 3 is 2.84 bits per heavy atom. The van der Waals surface area contributed by atoms with E-state index in [-0.39, 0.29) is 5.95 Å². The molecule has 3 N–H and O–H groups in total. The van der Waals surface area contributed by atoms with Gasteiger partial charge in [0, 0.05) is 22.8 Å². The fraction of sp³-hybridized carbons (Fsp3) is 0.167. The van der Waals surface area contributed by atoms with Gasteiger partial charge in [0.15, 0.2) is 0 Å². The summed E-state index contributed by atoms with van der Waals surface area (Å²) in [6.07, 6.45) is 2.37. The number of nitrogens with two attached hydrogens (primary N) is 1. The van der Waals surface area contributed by atoms with E-state index in [0.717, 1.165) is 16.5 Å². The minimum absolute atomic E-state index is 0.232. The molecule has 100 valence electrons. The number of nitrogens with one attached hydrogen (secondary N) is 1. The highest BCUT2D eigenvalue weighted by molar-refractivity contribution is 9.10. The van der Waals surface area contributed by atoms with E-state index in [1.807, 2.05) is 12.1 Å². The van der Waals surface area contributed by atoms with E-state index >= 15 is 0 Å². The lowest BCUT2D eigenvalue weighted by molar-refractivity contribution is 0.998. The molecular formula is C12H11BrCl2N4. The Labute approximate surface area is 129 Å². The zero-order valence-corrected chi connectivity index (χ0v) is 12.9. The van der Waals surface area contributed by atoms with E-state index in [2.05, 4.69) is 31.2 Å². The minimum Gasteiger partial charge on any atom is -0.369 e. The summed E-state index contributed by atoms with van der Waals surface area (Å²) >= 11 is 15.3. The fourth-order valence-electron chi connectivity index (χ4n) is 1.54. The lowest BCUT2D eigenvalue weighted by Gasteiger charge is -2.09. The quantitative estimate of drug-likeness (QED) is 0.869. The largest absolute Gasteiger partial charge is 0.369 e. The molecule has 2 rings (SSSR count). The summed E-state index contributed by atoms with van der Waals surface area (Å²) in [7, 11) is 0. The predicted octanol–water partition coefficient (Wildman–Crippen LogP) is 3.78. The van der Waals surface area contributed by atoms with Gasteiger partial charge in [-0.3, -0.25) is 0 Å². The number of nitrogen functional groups attached to an aromatic ring is 1. The molecule has 0 fully saturated rings. The van der Waals surface area contributed by atoms with E-state index in [9.17, 15) is 0 Å². The van der Waals surface area contributed by atoms with Crippen molar-refractivity contribution in [2.75, 3.05) is 17.6 Å². The number of benzene rings is 1. The lowest BCUT2D eigenvalue weighted by Crippen LogP contribution is -2.08. The molecule has 0 saturated carbocycles. The van der Waals surface area contributed by atoms with Crippen LogP contribution in [0.1, 0.15) is 5.56 Å². The molecule has 4 nitrogen and oxygen atoms in total. The maximum absolute atomic E-state index is 6.10. The van der Waals surface area contributed by atoms with Gasteiger partial charge in [0.05, 0.1) is 4.47 Å². The van der Waals surface area contributed by atoms with Crippen molar-refractivity contribution in [3.8, 4) is 0 Å². The highest BCUT2D eigenvalue weighted by atomic mass is 79.9. The molecule has 19 heavy (non-hydrogen) atoms. The molecule has 0 radical (unpaired) electrons. The molecule has 1 heterocycles. The highest BCUT2D eigenvalue weighted by Gasteiger charge is 2.04. The molecule has 0 amide bonds. The molecule has 7 heteroatoms. The van der Waals surface area contributed by atoms with E-state index in [4.69, 9.17) is 28.9 Å². The van der Waals surface area contributed by atoms with Crippen molar-refractivity contribution in [3.63, 3.8) is 0 Å². The number of hydrogen-bond acceptors (Lipinski definition) is 4. The summed E-state index contributed by atoms with van der Waals surface area (Å²) in [5.41, 5.74) is 6.56. The van der Waals surface area contributed by atoms with Gasteiger partial charge in [0.2, 0.25) is 5.95 Å². The molecule has 0 aliphatic rings. The zero-order chi connectivity index (χ0) is 13.8. The van der Waals surface area contributed by atoms with Crippen LogP contribution in [0.4, 0.5) is 11.8 Å². The van der Waals surface area contributed by atoms with Crippen LogP contribution in [0.2, 0.25) is 10.0 Å².